The van der Waals surface area contributed by atoms with Crippen LogP contribution in [0.2, 0.25) is 0 Å². The van der Waals surface area contributed by atoms with Crippen LogP contribution in [-0.4, -0.2) is 13.2 Å². The molecular formula is C16H19FN2O2. The molecule has 0 heterocycles. The summed E-state index contributed by atoms with van der Waals surface area (Å²) < 4.78 is 24.1. The van der Waals surface area contributed by atoms with Gasteiger partial charge in [0.05, 0.1) is 24.6 Å². The van der Waals surface area contributed by atoms with E-state index in [2.05, 4.69) is 5.32 Å². The fraction of sp³-hybridized carbons (Fsp3) is 0.250. The number of hydrogen-bond acceptors (Lipinski definition) is 4. The molecule has 4 nitrogen and oxygen atoms in total. The van der Waals surface area contributed by atoms with Gasteiger partial charge in [-0.1, -0.05) is 0 Å². The summed E-state index contributed by atoms with van der Waals surface area (Å²) in [7, 11) is 0. The Bertz CT molecular complexity index is 617. The van der Waals surface area contributed by atoms with Crippen molar-refractivity contribution in [2.45, 2.75) is 13.8 Å². The maximum Gasteiger partial charge on any atom is 0.163 e. The minimum atomic E-state index is -0.361. The number of ether oxygens (including phenoxy) is 2. The molecule has 0 aliphatic carbocycles. The van der Waals surface area contributed by atoms with E-state index in [-0.39, 0.29) is 5.82 Å². The number of rotatable bonds is 6. The van der Waals surface area contributed by atoms with Crippen LogP contribution in [0, 0.1) is 5.82 Å². The predicted molar refractivity (Wildman–Crippen MR) is 82.9 cm³/mol. The minimum absolute atomic E-state index is 0.349. The highest BCUT2D eigenvalue weighted by Crippen LogP contribution is 2.33. The van der Waals surface area contributed by atoms with E-state index in [0.29, 0.717) is 36.1 Å². The van der Waals surface area contributed by atoms with Gasteiger partial charge < -0.3 is 20.5 Å². The SMILES string of the molecule is CCOc1ccc(Nc2ccc(F)cc2N)cc1OCC. The van der Waals surface area contributed by atoms with E-state index in [4.69, 9.17) is 15.2 Å². The molecule has 0 saturated heterocycles. The number of halogens is 1. The number of nitrogens with one attached hydrogen (secondary N) is 1. The number of benzene rings is 2. The Morgan fingerprint density at radius 2 is 1.71 bits per heavy atom. The highest BCUT2D eigenvalue weighted by atomic mass is 19.1. The summed E-state index contributed by atoms with van der Waals surface area (Å²) >= 11 is 0. The molecule has 0 amide bonds. The second-order valence-corrected chi connectivity index (χ2v) is 4.38. The minimum Gasteiger partial charge on any atom is -0.490 e. The summed E-state index contributed by atoms with van der Waals surface area (Å²) in [4.78, 5) is 0. The van der Waals surface area contributed by atoms with Crippen LogP contribution in [0.15, 0.2) is 36.4 Å². The Balaban J connectivity index is 2.25. The standard InChI is InChI=1S/C16H19FN2O2/c1-3-20-15-8-6-12(10-16(15)21-4-2)19-14-7-5-11(17)9-13(14)18/h5-10,19H,3-4,18H2,1-2H3. The van der Waals surface area contributed by atoms with Gasteiger partial charge >= 0.3 is 0 Å². The third kappa shape index (κ3) is 3.78. The van der Waals surface area contributed by atoms with Gasteiger partial charge in [-0.05, 0) is 44.2 Å². The van der Waals surface area contributed by atoms with Crippen molar-refractivity contribution in [2.24, 2.45) is 0 Å². The van der Waals surface area contributed by atoms with Gasteiger partial charge in [-0.3, -0.25) is 0 Å². The molecule has 21 heavy (non-hydrogen) atoms. The van der Waals surface area contributed by atoms with E-state index >= 15 is 0 Å². The first-order valence-electron chi connectivity index (χ1n) is 6.85. The average Bonchev–Trinajstić information content (AvgIpc) is 2.45. The lowest BCUT2D eigenvalue weighted by Crippen LogP contribution is -2.00. The van der Waals surface area contributed by atoms with Crippen LogP contribution in [0.25, 0.3) is 0 Å². The Labute approximate surface area is 123 Å². The molecule has 0 aliphatic rings. The molecule has 0 saturated carbocycles. The van der Waals surface area contributed by atoms with Crippen LogP contribution in [0.4, 0.5) is 21.5 Å². The molecule has 2 aromatic rings. The van der Waals surface area contributed by atoms with Crippen molar-refractivity contribution < 1.29 is 13.9 Å². The van der Waals surface area contributed by atoms with Gasteiger partial charge in [0.1, 0.15) is 5.82 Å². The van der Waals surface area contributed by atoms with E-state index < -0.39 is 0 Å². The Morgan fingerprint density at radius 3 is 2.38 bits per heavy atom. The molecule has 2 rings (SSSR count). The van der Waals surface area contributed by atoms with E-state index in [1.54, 1.807) is 6.07 Å². The largest absolute Gasteiger partial charge is 0.490 e. The van der Waals surface area contributed by atoms with Crippen molar-refractivity contribution in [3.05, 3.63) is 42.2 Å². The van der Waals surface area contributed by atoms with Crippen molar-refractivity contribution in [1.29, 1.82) is 0 Å². The first kappa shape index (κ1) is 15.0. The number of anilines is 3. The lowest BCUT2D eigenvalue weighted by atomic mass is 10.2. The summed E-state index contributed by atoms with van der Waals surface area (Å²) in [5, 5.41) is 3.14. The van der Waals surface area contributed by atoms with Gasteiger partial charge in [-0.2, -0.15) is 0 Å². The average molecular weight is 290 g/mol. The summed E-state index contributed by atoms with van der Waals surface area (Å²) in [6.07, 6.45) is 0. The van der Waals surface area contributed by atoms with E-state index in [9.17, 15) is 4.39 Å². The molecule has 0 aromatic heterocycles. The van der Waals surface area contributed by atoms with Crippen molar-refractivity contribution in [3.8, 4) is 11.5 Å². The molecular weight excluding hydrogens is 271 g/mol. The lowest BCUT2D eigenvalue weighted by Gasteiger charge is -2.14. The number of hydrogen-bond donors (Lipinski definition) is 2. The lowest BCUT2D eigenvalue weighted by molar-refractivity contribution is 0.288. The van der Waals surface area contributed by atoms with E-state index in [1.165, 1.54) is 12.1 Å². The zero-order chi connectivity index (χ0) is 15.2. The van der Waals surface area contributed by atoms with Gasteiger partial charge in [0.25, 0.3) is 0 Å². The molecule has 3 N–H and O–H groups in total. The van der Waals surface area contributed by atoms with Gasteiger partial charge in [0.15, 0.2) is 11.5 Å². The second-order valence-electron chi connectivity index (χ2n) is 4.38. The molecule has 112 valence electrons. The Hall–Kier alpha value is -2.43. The predicted octanol–water partition coefficient (Wildman–Crippen LogP) is 3.95. The Morgan fingerprint density at radius 1 is 1.00 bits per heavy atom. The van der Waals surface area contributed by atoms with E-state index in [0.717, 1.165) is 5.69 Å². The van der Waals surface area contributed by atoms with Crippen molar-refractivity contribution in [1.82, 2.24) is 0 Å². The Kier molecular flexibility index (Phi) is 4.87. The normalized spacial score (nSPS) is 10.2. The van der Waals surface area contributed by atoms with Crippen LogP contribution in [0.5, 0.6) is 11.5 Å². The summed E-state index contributed by atoms with van der Waals surface area (Å²) in [6, 6.07) is 9.75. The third-order valence-electron chi connectivity index (χ3n) is 2.84. The molecule has 5 heteroatoms. The fourth-order valence-corrected chi connectivity index (χ4v) is 1.93. The maximum atomic E-state index is 13.0. The van der Waals surface area contributed by atoms with Crippen LogP contribution in [-0.2, 0) is 0 Å². The summed E-state index contributed by atoms with van der Waals surface area (Å²) in [5.41, 5.74) is 7.57. The molecule has 0 bridgehead atoms. The van der Waals surface area contributed by atoms with Gasteiger partial charge in [0, 0.05) is 11.8 Å². The smallest absolute Gasteiger partial charge is 0.163 e. The van der Waals surface area contributed by atoms with Crippen LogP contribution in [0.3, 0.4) is 0 Å². The number of nitrogen functional groups attached to an aromatic ring is 1. The zero-order valence-electron chi connectivity index (χ0n) is 12.2. The monoisotopic (exact) mass is 290 g/mol. The van der Waals surface area contributed by atoms with Crippen molar-refractivity contribution in [2.75, 3.05) is 24.3 Å². The summed E-state index contributed by atoms with van der Waals surface area (Å²) in [5.74, 6) is 0.988. The highest BCUT2D eigenvalue weighted by molar-refractivity contribution is 5.73. The first-order valence-corrected chi connectivity index (χ1v) is 6.85. The fourth-order valence-electron chi connectivity index (χ4n) is 1.93. The molecule has 0 radical (unpaired) electrons. The van der Waals surface area contributed by atoms with E-state index in [1.807, 2.05) is 32.0 Å². The number of nitrogens with two attached hydrogens (primary N) is 1. The zero-order valence-corrected chi connectivity index (χ0v) is 12.2. The maximum absolute atomic E-state index is 13.0. The quantitative estimate of drug-likeness (QED) is 0.791. The van der Waals surface area contributed by atoms with Crippen LogP contribution < -0.4 is 20.5 Å². The van der Waals surface area contributed by atoms with Crippen LogP contribution >= 0.6 is 0 Å². The molecule has 0 spiro atoms. The third-order valence-corrected chi connectivity index (χ3v) is 2.84. The van der Waals surface area contributed by atoms with Crippen molar-refractivity contribution in [3.63, 3.8) is 0 Å². The van der Waals surface area contributed by atoms with Crippen LogP contribution in [0.1, 0.15) is 13.8 Å². The van der Waals surface area contributed by atoms with Gasteiger partial charge in [-0.25, -0.2) is 4.39 Å². The van der Waals surface area contributed by atoms with Crippen molar-refractivity contribution >= 4 is 17.1 Å². The molecule has 0 fully saturated rings. The summed E-state index contributed by atoms with van der Waals surface area (Å²) in [6.45, 7) is 4.94. The molecule has 0 atom stereocenters. The molecule has 0 unspecified atom stereocenters. The molecule has 0 aliphatic heterocycles. The topological polar surface area (TPSA) is 56.5 Å². The molecule has 2 aromatic carbocycles. The van der Waals surface area contributed by atoms with Gasteiger partial charge in [-0.15, -0.1) is 0 Å². The first-order chi connectivity index (χ1) is 10.1. The highest BCUT2D eigenvalue weighted by Gasteiger charge is 2.07. The second kappa shape index (κ2) is 6.83. The van der Waals surface area contributed by atoms with Gasteiger partial charge in [0.2, 0.25) is 0 Å².